The van der Waals surface area contributed by atoms with Crippen LogP contribution in [0.15, 0.2) is 18.3 Å². The highest BCUT2D eigenvalue weighted by Crippen LogP contribution is 2.09. The van der Waals surface area contributed by atoms with Gasteiger partial charge in [-0.3, -0.25) is 4.21 Å². The first-order chi connectivity index (χ1) is 7.63. The summed E-state index contributed by atoms with van der Waals surface area (Å²) < 4.78 is 11.8. The molecule has 0 aromatic carbocycles. The molecule has 0 radical (unpaired) electrons. The van der Waals surface area contributed by atoms with Crippen molar-refractivity contribution in [1.82, 2.24) is 4.98 Å². The van der Waals surface area contributed by atoms with Crippen molar-refractivity contribution >= 4 is 10.8 Å². The fourth-order valence-electron chi connectivity index (χ4n) is 1.27. The summed E-state index contributed by atoms with van der Waals surface area (Å²) in [6.07, 6.45) is 2.54. The number of rotatable bonds is 5. The molecule has 1 heterocycles. The average molecular weight is 236 g/mol. The first-order valence-corrected chi connectivity index (χ1v) is 6.81. The second-order valence-electron chi connectivity index (χ2n) is 4.09. The number of nitriles is 1. The van der Waals surface area contributed by atoms with Gasteiger partial charge in [0, 0.05) is 28.3 Å². The zero-order chi connectivity index (χ0) is 12.0. The van der Waals surface area contributed by atoms with Gasteiger partial charge < -0.3 is 0 Å². The van der Waals surface area contributed by atoms with E-state index >= 15 is 0 Å². The zero-order valence-corrected chi connectivity index (χ0v) is 10.5. The molecule has 0 amide bonds. The van der Waals surface area contributed by atoms with Gasteiger partial charge in [-0.2, -0.15) is 5.26 Å². The third-order valence-corrected chi connectivity index (χ3v) is 3.56. The molecule has 1 aromatic heterocycles. The largest absolute Gasteiger partial charge is 0.259 e. The first-order valence-electron chi connectivity index (χ1n) is 5.32. The molecule has 86 valence electrons. The van der Waals surface area contributed by atoms with Gasteiger partial charge in [-0.05, 0) is 18.4 Å². The molecule has 0 N–H and O–H groups in total. The highest BCUT2D eigenvalue weighted by molar-refractivity contribution is 7.84. The highest BCUT2D eigenvalue weighted by Gasteiger charge is 2.07. The lowest BCUT2D eigenvalue weighted by atomic mass is 10.2. The third-order valence-electron chi connectivity index (χ3n) is 2.24. The normalized spacial score (nSPS) is 12.4. The lowest BCUT2D eigenvalue weighted by Crippen LogP contribution is -2.05. The van der Waals surface area contributed by atoms with Crippen LogP contribution in [0.25, 0.3) is 0 Å². The van der Waals surface area contributed by atoms with Gasteiger partial charge in [0.05, 0.1) is 5.75 Å². The summed E-state index contributed by atoms with van der Waals surface area (Å²) in [7, 11) is -0.895. The topological polar surface area (TPSA) is 53.8 Å². The van der Waals surface area contributed by atoms with E-state index in [9.17, 15) is 4.21 Å². The monoisotopic (exact) mass is 236 g/mol. The van der Waals surface area contributed by atoms with Crippen LogP contribution in [0.3, 0.4) is 0 Å². The predicted octanol–water partition coefficient (Wildman–Crippen LogP) is 2.25. The second-order valence-corrected chi connectivity index (χ2v) is 5.67. The fraction of sp³-hybridized carbons (Fsp3) is 0.500. The van der Waals surface area contributed by atoms with E-state index in [1.807, 2.05) is 12.1 Å². The molecule has 1 unspecified atom stereocenters. The molecule has 1 atom stereocenters. The predicted molar refractivity (Wildman–Crippen MR) is 65.1 cm³/mol. The standard InChI is InChI=1S/C12H16N2OS/c1-10(2)5-7-16(15)9-11-4-3-6-14-12(11)8-13/h3-4,6,10H,5,7,9H2,1-2H3. The third kappa shape index (κ3) is 4.11. The zero-order valence-electron chi connectivity index (χ0n) is 9.64. The van der Waals surface area contributed by atoms with E-state index in [4.69, 9.17) is 5.26 Å². The van der Waals surface area contributed by atoms with E-state index in [0.717, 1.165) is 12.0 Å². The molecule has 0 saturated carbocycles. The highest BCUT2D eigenvalue weighted by atomic mass is 32.2. The summed E-state index contributed by atoms with van der Waals surface area (Å²) in [6, 6.07) is 5.61. The second kappa shape index (κ2) is 6.39. The van der Waals surface area contributed by atoms with Crippen molar-refractivity contribution in [3.8, 4) is 6.07 Å². The molecule has 0 saturated heterocycles. The smallest absolute Gasteiger partial charge is 0.144 e. The maximum atomic E-state index is 11.8. The van der Waals surface area contributed by atoms with E-state index in [1.165, 1.54) is 0 Å². The summed E-state index contributed by atoms with van der Waals surface area (Å²) in [5, 5.41) is 8.84. The van der Waals surface area contributed by atoms with Crippen LogP contribution < -0.4 is 0 Å². The molecule has 1 aromatic rings. The molecule has 3 nitrogen and oxygen atoms in total. The van der Waals surface area contributed by atoms with E-state index in [0.29, 0.717) is 23.1 Å². The Morgan fingerprint density at radius 1 is 1.56 bits per heavy atom. The van der Waals surface area contributed by atoms with Gasteiger partial charge in [-0.25, -0.2) is 4.98 Å². The van der Waals surface area contributed by atoms with Crippen LogP contribution in [0, 0.1) is 17.2 Å². The molecule has 0 fully saturated rings. The van der Waals surface area contributed by atoms with Crippen LogP contribution in [0.5, 0.6) is 0 Å². The Hall–Kier alpha value is -1.21. The minimum absolute atomic E-state index is 0.389. The number of nitrogens with zero attached hydrogens (tertiary/aromatic N) is 2. The van der Waals surface area contributed by atoms with Crippen molar-refractivity contribution in [2.75, 3.05) is 5.75 Å². The van der Waals surface area contributed by atoms with Crippen LogP contribution in [-0.4, -0.2) is 14.9 Å². The van der Waals surface area contributed by atoms with Gasteiger partial charge >= 0.3 is 0 Å². The van der Waals surface area contributed by atoms with Crippen molar-refractivity contribution in [3.63, 3.8) is 0 Å². The number of hydrogen-bond donors (Lipinski definition) is 0. The maximum Gasteiger partial charge on any atom is 0.144 e. The molecule has 0 spiro atoms. The molecule has 16 heavy (non-hydrogen) atoms. The minimum atomic E-state index is -0.895. The van der Waals surface area contributed by atoms with Crippen molar-refractivity contribution in [3.05, 3.63) is 29.6 Å². The average Bonchev–Trinajstić information content (AvgIpc) is 2.27. The Kier molecular flexibility index (Phi) is 5.13. The lowest BCUT2D eigenvalue weighted by molar-refractivity contribution is 0.619. The molecule has 0 aliphatic carbocycles. The van der Waals surface area contributed by atoms with Gasteiger partial charge in [0.1, 0.15) is 11.8 Å². The van der Waals surface area contributed by atoms with Crippen molar-refractivity contribution in [2.45, 2.75) is 26.0 Å². The Bertz CT molecular complexity index is 410. The number of aromatic nitrogens is 1. The SMILES string of the molecule is CC(C)CCS(=O)Cc1cccnc1C#N. The summed E-state index contributed by atoms with van der Waals surface area (Å²) in [5.74, 6) is 1.69. The molecule has 4 heteroatoms. The van der Waals surface area contributed by atoms with Gasteiger partial charge in [-0.1, -0.05) is 19.9 Å². The van der Waals surface area contributed by atoms with Crippen molar-refractivity contribution < 1.29 is 4.21 Å². The fourth-order valence-corrected chi connectivity index (χ4v) is 2.73. The molecular weight excluding hydrogens is 220 g/mol. The Morgan fingerprint density at radius 2 is 2.31 bits per heavy atom. The van der Waals surface area contributed by atoms with E-state index in [-0.39, 0.29) is 0 Å². The number of pyridine rings is 1. The van der Waals surface area contributed by atoms with Crippen LogP contribution in [0.2, 0.25) is 0 Å². The van der Waals surface area contributed by atoms with E-state index in [1.54, 1.807) is 12.3 Å². The van der Waals surface area contributed by atoms with Crippen molar-refractivity contribution in [2.24, 2.45) is 5.92 Å². The Balaban J connectivity index is 2.60. The summed E-state index contributed by atoms with van der Waals surface area (Å²) in [5.41, 5.74) is 1.17. The molecule has 0 aliphatic heterocycles. The summed E-state index contributed by atoms with van der Waals surface area (Å²) in [6.45, 7) is 4.23. The van der Waals surface area contributed by atoms with Gasteiger partial charge in [0.15, 0.2) is 0 Å². The maximum absolute atomic E-state index is 11.8. The first kappa shape index (κ1) is 12.9. The van der Waals surface area contributed by atoms with Crippen LogP contribution >= 0.6 is 0 Å². The van der Waals surface area contributed by atoms with Gasteiger partial charge in [0.25, 0.3) is 0 Å². The van der Waals surface area contributed by atoms with Crippen molar-refractivity contribution in [1.29, 1.82) is 5.26 Å². The minimum Gasteiger partial charge on any atom is -0.259 e. The summed E-state index contributed by atoms with van der Waals surface area (Å²) in [4.78, 5) is 3.95. The van der Waals surface area contributed by atoms with E-state index < -0.39 is 10.8 Å². The molecular formula is C12H16N2OS. The Labute approximate surface area is 99.0 Å². The van der Waals surface area contributed by atoms with Crippen LogP contribution in [0.4, 0.5) is 0 Å². The lowest BCUT2D eigenvalue weighted by Gasteiger charge is -2.05. The Morgan fingerprint density at radius 3 is 2.94 bits per heavy atom. The number of hydrogen-bond acceptors (Lipinski definition) is 3. The molecule has 1 rings (SSSR count). The van der Waals surface area contributed by atoms with Crippen LogP contribution in [0.1, 0.15) is 31.5 Å². The molecule has 0 bridgehead atoms. The van der Waals surface area contributed by atoms with Gasteiger partial charge in [0.2, 0.25) is 0 Å². The van der Waals surface area contributed by atoms with Crippen LogP contribution in [-0.2, 0) is 16.6 Å². The summed E-state index contributed by atoms with van der Waals surface area (Å²) >= 11 is 0. The quantitative estimate of drug-likeness (QED) is 0.788. The van der Waals surface area contributed by atoms with E-state index in [2.05, 4.69) is 18.8 Å². The molecule has 0 aliphatic rings. The van der Waals surface area contributed by atoms with Gasteiger partial charge in [-0.15, -0.1) is 0 Å².